The first kappa shape index (κ1) is 14.8. The predicted octanol–water partition coefficient (Wildman–Crippen LogP) is 2.13. The molecule has 0 bridgehead atoms. The molecule has 0 radical (unpaired) electrons. The third-order valence-corrected chi connectivity index (χ3v) is 4.21. The van der Waals surface area contributed by atoms with Gasteiger partial charge in [-0.1, -0.05) is 13.8 Å². The van der Waals surface area contributed by atoms with Crippen LogP contribution in [0.4, 0.5) is 5.69 Å². The molecule has 5 nitrogen and oxygen atoms in total. The van der Waals surface area contributed by atoms with Gasteiger partial charge in [0.1, 0.15) is 0 Å². The minimum absolute atomic E-state index is 0.0972. The molecule has 1 amide bonds. The van der Waals surface area contributed by atoms with E-state index >= 15 is 0 Å². The second kappa shape index (κ2) is 6.22. The van der Waals surface area contributed by atoms with Crippen LogP contribution in [0.1, 0.15) is 49.9 Å². The quantitative estimate of drug-likeness (QED) is 0.884. The van der Waals surface area contributed by atoms with E-state index in [1.807, 2.05) is 0 Å². The van der Waals surface area contributed by atoms with E-state index in [9.17, 15) is 4.79 Å². The highest BCUT2D eigenvalue weighted by atomic mass is 16.5. The van der Waals surface area contributed by atoms with Gasteiger partial charge in [0.05, 0.1) is 23.0 Å². The normalized spacial score (nSPS) is 21.4. The fraction of sp³-hybridized carbons (Fsp3) is 0.600. The number of carbonyl (C=O) groups is 1. The molecule has 1 saturated heterocycles. The van der Waals surface area contributed by atoms with Gasteiger partial charge in [-0.25, -0.2) is 0 Å². The first-order valence-corrected chi connectivity index (χ1v) is 7.24. The van der Waals surface area contributed by atoms with Crippen LogP contribution < -0.4 is 11.1 Å². The lowest BCUT2D eigenvalue weighted by molar-refractivity contribution is -0.0917. The SMILES string of the molecule is CCC1(CC)CC(NC(=O)c2ccncc2N)CCO1. The Morgan fingerprint density at radius 3 is 2.95 bits per heavy atom. The second-order valence-electron chi connectivity index (χ2n) is 5.36. The molecular formula is C15H23N3O2. The summed E-state index contributed by atoms with van der Waals surface area (Å²) in [5.74, 6) is -0.127. The molecule has 1 aliphatic heterocycles. The lowest BCUT2D eigenvalue weighted by atomic mass is 9.86. The molecule has 0 aliphatic carbocycles. The molecule has 1 atom stereocenters. The van der Waals surface area contributed by atoms with Gasteiger partial charge in [0.15, 0.2) is 0 Å². The van der Waals surface area contributed by atoms with Crippen LogP contribution in [0.25, 0.3) is 0 Å². The molecule has 1 aromatic rings. The highest BCUT2D eigenvalue weighted by Gasteiger charge is 2.35. The number of ether oxygens (including phenoxy) is 1. The van der Waals surface area contributed by atoms with Crippen molar-refractivity contribution in [1.29, 1.82) is 0 Å². The molecule has 0 saturated carbocycles. The Labute approximate surface area is 119 Å². The van der Waals surface area contributed by atoms with Crippen LogP contribution in [0, 0.1) is 0 Å². The van der Waals surface area contributed by atoms with Crippen molar-refractivity contribution >= 4 is 11.6 Å². The van der Waals surface area contributed by atoms with Crippen molar-refractivity contribution in [2.24, 2.45) is 0 Å². The second-order valence-corrected chi connectivity index (χ2v) is 5.36. The van der Waals surface area contributed by atoms with Gasteiger partial charge >= 0.3 is 0 Å². The maximum Gasteiger partial charge on any atom is 0.253 e. The largest absolute Gasteiger partial charge is 0.397 e. The van der Waals surface area contributed by atoms with E-state index in [1.54, 1.807) is 12.3 Å². The molecule has 2 heterocycles. The Kier molecular flexibility index (Phi) is 4.60. The van der Waals surface area contributed by atoms with E-state index < -0.39 is 0 Å². The molecule has 110 valence electrons. The molecule has 0 aromatic carbocycles. The fourth-order valence-electron chi connectivity index (χ4n) is 2.77. The third kappa shape index (κ3) is 3.10. The zero-order valence-electron chi connectivity index (χ0n) is 12.2. The van der Waals surface area contributed by atoms with Gasteiger partial charge in [0.25, 0.3) is 5.91 Å². The van der Waals surface area contributed by atoms with Gasteiger partial charge in [-0.15, -0.1) is 0 Å². The standard InChI is InChI=1S/C15H23N3O2/c1-3-15(4-2)9-11(6-8-20-15)18-14(19)12-5-7-17-10-13(12)16/h5,7,10-11H,3-4,6,8-9,16H2,1-2H3,(H,18,19). The van der Waals surface area contributed by atoms with Gasteiger partial charge < -0.3 is 15.8 Å². The van der Waals surface area contributed by atoms with Gasteiger partial charge in [0.2, 0.25) is 0 Å². The Hall–Kier alpha value is -1.62. The lowest BCUT2D eigenvalue weighted by Gasteiger charge is -2.40. The van der Waals surface area contributed by atoms with Crippen LogP contribution in [0.2, 0.25) is 0 Å². The summed E-state index contributed by atoms with van der Waals surface area (Å²) in [5.41, 5.74) is 6.59. The summed E-state index contributed by atoms with van der Waals surface area (Å²) in [6.45, 7) is 4.96. The molecule has 3 N–H and O–H groups in total. The van der Waals surface area contributed by atoms with Crippen LogP contribution in [0.15, 0.2) is 18.5 Å². The van der Waals surface area contributed by atoms with E-state index in [2.05, 4.69) is 24.1 Å². The maximum absolute atomic E-state index is 12.3. The zero-order chi connectivity index (χ0) is 14.6. The Morgan fingerprint density at radius 1 is 1.55 bits per heavy atom. The molecule has 5 heteroatoms. The van der Waals surface area contributed by atoms with E-state index in [-0.39, 0.29) is 17.6 Å². The molecule has 1 aromatic heterocycles. The van der Waals surface area contributed by atoms with Gasteiger partial charge in [-0.3, -0.25) is 9.78 Å². The number of anilines is 1. The number of aromatic nitrogens is 1. The predicted molar refractivity (Wildman–Crippen MR) is 78.4 cm³/mol. The van der Waals surface area contributed by atoms with Crippen molar-refractivity contribution in [1.82, 2.24) is 10.3 Å². The highest BCUT2D eigenvalue weighted by Crippen LogP contribution is 2.31. The molecule has 1 fully saturated rings. The Balaban J connectivity index is 2.03. The summed E-state index contributed by atoms with van der Waals surface area (Å²) < 4.78 is 5.92. The average Bonchev–Trinajstić information content (AvgIpc) is 2.47. The van der Waals surface area contributed by atoms with Crippen molar-refractivity contribution in [2.75, 3.05) is 12.3 Å². The summed E-state index contributed by atoms with van der Waals surface area (Å²) in [5, 5.41) is 3.07. The van der Waals surface area contributed by atoms with Crippen LogP contribution >= 0.6 is 0 Å². The topological polar surface area (TPSA) is 77.2 Å². The number of pyridine rings is 1. The van der Waals surface area contributed by atoms with E-state index in [4.69, 9.17) is 10.5 Å². The first-order valence-electron chi connectivity index (χ1n) is 7.24. The number of nitrogens with one attached hydrogen (secondary N) is 1. The summed E-state index contributed by atoms with van der Waals surface area (Å²) in [7, 11) is 0. The number of carbonyl (C=O) groups excluding carboxylic acids is 1. The lowest BCUT2D eigenvalue weighted by Crippen LogP contribution is -2.48. The summed E-state index contributed by atoms with van der Waals surface area (Å²) in [6.07, 6.45) is 6.72. The van der Waals surface area contributed by atoms with Crippen LogP contribution in [-0.2, 0) is 4.74 Å². The van der Waals surface area contributed by atoms with Crippen molar-refractivity contribution < 1.29 is 9.53 Å². The molecule has 0 spiro atoms. The Morgan fingerprint density at radius 2 is 2.30 bits per heavy atom. The van der Waals surface area contributed by atoms with Gasteiger partial charge in [0, 0.05) is 18.8 Å². The summed E-state index contributed by atoms with van der Waals surface area (Å²) in [6, 6.07) is 1.79. The van der Waals surface area contributed by atoms with Crippen molar-refractivity contribution in [3.8, 4) is 0 Å². The van der Waals surface area contributed by atoms with Crippen LogP contribution in [0.3, 0.4) is 0 Å². The van der Waals surface area contributed by atoms with E-state index in [0.717, 1.165) is 25.7 Å². The number of hydrogen-bond acceptors (Lipinski definition) is 4. The average molecular weight is 277 g/mol. The summed E-state index contributed by atoms with van der Waals surface area (Å²) >= 11 is 0. The smallest absolute Gasteiger partial charge is 0.253 e. The number of nitrogen functional groups attached to an aromatic ring is 1. The number of nitrogens with two attached hydrogens (primary N) is 1. The fourth-order valence-corrected chi connectivity index (χ4v) is 2.77. The number of hydrogen-bond donors (Lipinski definition) is 2. The number of rotatable bonds is 4. The minimum atomic E-state index is -0.127. The van der Waals surface area contributed by atoms with Crippen molar-refractivity contribution in [3.05, 3.63) is 24.0 Å². The molecule has 2 rings (SSSR count). The Bertz CT molecular complexity index is 472. The van der Waals surface area contributed by atoms with Gasteiger partial charge in [-0.05, 0) is 31.7 Å². The van der Waals surface area contributed by atoms with E-state index in [0.29, 0.717) is 17.9 Å². The van der Waals surface area contributed by atoms with Crippen molar-refractivity contribution in [2.45, 2.75) is 51.2 Å². The third-order valence-electron chi connectivity index (χ3n) is 4.21. The number of nitrogens with zero attached hydrogens (tertiary/aromatic N) is 1. The molecular weight excluding hydrogens is 254 g/mol. The minimum Gasteiger partial charge on any atom is -0.397 e. The summed E-state index contributed by atoms with van der Waals surface area (Å²) in [4.78, 5) is 16.2. The van der Waals surface area contributed by atoms with Crippen LogP contribution in [0.5, 0.6) is 0 Å². The van der Waals surface area contributed by atoms with Crippen molar-refractivity contribution in [3.63, 3.8) is 0 Å². The molecule has 1 unspecified atom stereocenters. The monoisotopic (exact) mass is 277 g/mol. The molecule has 20 heavy (non-hydrogen) atoms. The zero-order valence-corrected chi connectivity index (χ0v) is 12.2. The molecule has 1 aliphatic rings. The van der Waals surface area contributed by atoms with Crippen LogP contribution in [-0.4, -0.2) is 29.1 Å². The van der Waals surface area contributed by atoms with E-state index in [1.165, 1.54) is 6.20 Å². The highest BCUT2D eigenvalue weighted by molar-refractivity contribution is 5.98. The maximum atomic E-state index is 12.3. The first-order chi connectivity index (χ1) is 9.60. The van der Waals surface area contributed by atoms with Gasteiger partial charge in [-0.2, -0.15) is 0 Å². The number of amides is 1.